The lowest BCUT2D eigenvalue weighted by atomic mass is 10.0. The number of hydrogen-bond acceptors (Lipinski definition) is 3. The third-order valence-electron chi connectivity index (χ3n) is 3.61. The van der Waals surface area contributed by atoms with Crippen LogP contribution >= 0.6 is 0 Å². The SMILES string of the molecule is O=C1Cc2cc(-c3ccc4c(c3)OCCO4)ccc2N1. The maximum absolute atomic E-state index is 11.4. The summed E-state index contributed by atoms with van der Waals surface area (Å²) >= 11 is 0. The van der Waals surface area contributed by atoms with E-state index in [1.54, 1.807) is 0 Å². The molecule has 100 valence electrons. The molecule has 4 rings (SSSR count). The van der Waals surface area contributed by atoms with Crippen molar-refractivity contribution in [1.82, 2.24) is 0 Å². The first-order valence-corrected chi connectivity index (χ1v) is 6.62. The largest absolute Gasteiger partial charge is 0.486 e. The van der Waals surface area contributed by atoms with Crippen molar-refractivity contribution in [2.75, 3.05) is 18.5 Å². The summed E-state index contributed by atoms with van der Waals surface area (Å²) in [6, 6.07) is 11.9. The minimum Gasteiger partial charge on any atom is -0.486 e. The lowest BCUT2D eigenvalue weighted by Gasteiger charge is -2.19. The van der Waals surface area contributed by atoms with Crippen LogP contribution in [0.15, 0.2) is 36.4 Å². The van der Waals surface area contributed by atoms with Crippen molar-refractivity contribution in [2.45, 2.75) is 6.42 Å². The van der Waals surface area contributed by atoms with E-state index >= 15 is 0 Å². The first kappa shape index (κ1) is 11.3. The molecule has 0 atom stereocenters. The molecule has 0 aliphatic carbocycles. The standard InChI is InChI=1S/C16H13NO3/c18-16-9-12-7-10(1-3-13(12)17-16)11-2-4-14-15(8-11)20-6-5-19-14/h1-4,7-8H,5-6,9H2,(H,17,18). The Morgan fingerprint density at radius 3 is 2.55 bits per heavy atom. The molecule has 0 saturated heterocycles. The average Bonchev–Trinajstić information content (AvgIpc) is 2.85. The second-order valence-corrected chi connectivity index (χ2v) is 4.96. The highest BCUT2D eigenvalue weighted by Crippen LogP contribution is 2.36. The van der Waals surface area contributed by atoms with Gasteiger partial charge in [-0.05, 0) is 41.0 Å². The highest BCUT2D eigenvalue weighted by Gasteiger charge is 2.18. The first-order chi connectivity index (χ1) is 9.79. The van der Waals surface area contributed by atoms with Crippen LogP contribution in [0.25, 0.3) is 11.1 Å². The van der Waals surface area contributed by atoms with Gasteiger partial charge in [0.05, 0.1) is 6.42 Å². The fraction of sp³-hybridized carbons (Fsp3) is 0.188. The molecule has 0 radical (unpaired) electrons. The van der Waals surface area contributed by atoms with Crippen LogP contribution in [-0.4, -0.2) is 19.1 Å². The monoisotopic (exact) mass is 267 g/mol. The van der Waals surface area contributed by atoms with E-state index in [2.05, 4.69) is 11.4 Å². The number of carbonyl (C=O) groups excluding carboxylic acids is 1. The van der Waals surface area contributed by atoms with Crippen LogP contribution in [0.4, 0.5) is 5.69 Å². The fourth-order valence-corrected chi connectivity index (χ4v) is 2.63. The van der Waals surface area contributed by atoms with Gasteiger partial charge >= 0.3 is 0 Å². The van der Waals surface area contributed by atoms with Crippen molar-refractivity contribution in [3.8, 4) is 22.6 Å². The average molecular weight is 267 g/mol. The normalized spacial score (nSPS) is 15.7. The Balaban J connectivity index is 1.74. The summed E-state index contributed by atoms with van der Waals surface area (Å²) in [4.78, 5) is 11.4. The molecule has 2 heterocycles. The van der Waals surface area contributed by atoms with Crippen molar-refractivity contribution in [2.24, 2.45) is 0 Å². The van der Waals surface area contributed by atoms with E-state index in [4.69, 9.17) is 9.47 Å². The van der Waals surface area contributed by atoms with E-state index < -0.39 is 0 Å². The molecule has 4 heteroatoms. The second kappa shape index (κ2) is 4.27. The van der Waals surface area contributed by atoms with Gasteiger partial charge in [0, 0.05) is 5.69 Å². The Labute approximate surface area is 116 Å². The Kier molecular flexibility index (Phi) is 2.42. The summed E-state index contributed by atoms with van der Waals surface area (Å²) in [5, 5.41) is 2.84. The quantitative estimate of drug-likeness (QED) is 0.864. The molecular formula is C16H13NO3. The second-order valence-electron chi connectivity index (χ2n) is 4.96. The third kappa shape index (κ3) is 1.81. The van der Waals surface area contributed by atoms with E-state index in [9.17, 15) is 4.79 Å². The smallest absolute Gasteiger partial charge is 0.228 e. The Hall–Kier alpha value is -2.49. The van der Waals surface area contributed by atoms with Crippen LogP contribution in [0.3, 0.4) is 0 Å². The summed E-state index contributed by atoms with van der Waals surface area (Å²) in [6.07, 6.45) is 0.452. The summed E-state index contributed by atoms with van der Waals surface area (Å²) in [6.45, 7) is 1.18. The molecule has 4 nitrogen and oxygen atoms in total. The van der Waals surface area contributed by atoms with Crippen molar-refractivity contribution < 1.29 is 14.3 Å². The summed E-state index contributed by atoms with van der Waals surface area (Å²) < 4.78 is 11.1. The third-order valence-corrected chi connectivity index (χ3v) is 3.61. The van der Waals surface area contributed by atoms with Gasteiger partial charge in [-0.25, -0.2) is 0 Å². The van der Waals surface area contributed by atoms with Gasteiger partial charge in [-0.15, -0.1) is 0 Å². The van der Waals surface area contributed by atoms with Crippen LogP contribution in [-0.2, 0) is 11.2 Å². The number of carbonyl (C=O) groups is 1. The number of amides is 1. The summed E-state index contributed by atoms with van der Waals surface area (Å²) in [5.74, 6) is 1.63. The Morgan fingerprint density at radius 2 is 1.65 bits per heavy atom. The van der Waals surface area contributed by atoms with Crippen LogP contribution in [0.2, 0.25) is 0 Å². The highest BCUT2D eigenvalue weighted by molar-refractivity contribution is 5.99. The maximum atomic E-state index is 11.4. The number of rotatable bonds is 1. The van der Waals surface area contributed by atoms with Crippen molar-refractivity contribution >= 4 is 11.6 Å². The molecular weight excluding hydrogens is 254 g/mol. The molecule has 2 aliphatic heterocycles. The zero-order valence-electron chi connectivity index (χ0n) is 10.8. The Morgan fingerprint density at radius 1 is 0.900 bits per heavy atom. The molecule has 2 aliphatic rings. The number of anilines is 1. The number of hydrogen-bond donors (Lipinski definition) is 1. The molecule has 0 unspecified atom stereocenters. The molecule has 0 spiro atoms. The number of benzene rings is 2. The van der Waals surface area contributed by atoms with Gasteiger partial charge in [0.2, 0.25) is 5.91 Å². The van der Waals surface area contributed by atoms with E-state index in [0.717, 1.165) is 33.9 Å². The Bertz CT molecular complexity index is 709. The van der Waals surface area contributed by atoms with Crippen molar-refractivity contribution in [3.05, 3.63) is 42.0 Å². The van der Waals surface area contributed by atoms with Gasteiger partial charge in [-0.2, -0.15) is 0 Å². The van der Waals surface area contributed by atoms with E-state index in [0.29, 0.717) is 19.6 Å². The summed E-state index contributed by atoms with van der Waals surface area (Å²) in [5.41, 5.74) is 4.10. The molecule has 0 aromatic heterocycles. The zero-order valence-corrected chi connectivity index (χ0v) is 10.8. The van der Waals surface area contributed by atoms with Gasteiger partial charge in [-0.3, -0.25) is 4.79 Å². The van der Waals surface area contributed by atoms with Crippen molar-refractivity contribution in [3.63, 3.8) is 0 Å². The van der Waals surface area contributed by atoms with Crippen LogP contribution in [0.1, 0.15) is 5.56 Å². The highest BCUT2D eigenvalue weighted by atomic mass is 16.6. The molecule has 20 heavy (non-hydrogen) atoms. The molecule has 2 aromatic rings. The summed E-state index contributed by atoms with van der Waals surface area (Å²) in [7, 11) is 0. The first-order valence-electron chi connectivity index (χ1n) is 6.62. The topological polar surface area (TPSA) is 47.6 Å². The number of nitrogens with one attached hydrogen (secondary N) is 1. The number of ether oxygens (including phenoxy) is 2. The lowest BCUT2D eigenvalue weighted by molar-refractivity contribution is -0.115. The van der Waals surface area contributed by atoms with Crippen LogP contribution < -0.4 is 14.8 Å². The fourth-order valence-electron chi connectivity index (χ4n) is 2.63. The minimum absolute atomic E-state index is 0.0549. The van der Waals surface area contributed by atoms with Gasteiger partial charge in [0.25, 0.3) is 0 Å². The van der Waals surface area contributed by atoms with Gasteiger partial charge in [-0.1, -0.05) is 12.1 Å². The van der Waals surface area contributed by atoms with Gasteiger partial charge in [0.15, 0.2) is 11.5 Å². The van der Waals surface area contributed by atoms with E-state index in [1.807, 2.05) is 30.3 Å². The molecule has 2 aromatic carbocycles. The molecule has 0 saturated carbocycles. The van der Waals surface area contributed by atoms with Gasteiger partial charge in [0.1, 0.15) is 13.2 Å². The van der Waals surface area contributed by atoms with E-state index in [1.165, 1.54) is 0 Å². The molecule has 0 bridgehead atoms. The minimum atomic E-state index is 0.0549. The van der Waals surface area contributed by atoms with Crippen molar-refractivity contribution in [1.29, 1.82) is 0 Å². The zero-order chi connectivity index (χ0) is 13.5. The maximum Gasteiger partial charge on any atom is 0.228 e. The van der Waals surface area contributed by atoms with E-state index in [-0.39, 0.29) is 5.91 Å². The predicted octanol–water partition coefficient (Wildman–Crippen LogP) is 2.62. The van der Waals surface area contributed by atoms with Gasteiger partial charge < -0.3 is 14.8 Å². The molecule has 0 fully saturated rings. The molecule has 1 amide bonds. The molecule has 1 N–H and O–H groups in total. The number of fused-ring (bicyclic) bond motifs is 2. The van der Waals surface area contributed by atoms with Crippen LogP contribution in [0, 0.1) is 0 Å². The van der Waals surface area contributed by atoms with Crippen LogP contribution in [0.5, 0.6) is 11.5 Å². The lowest BCUT2D eigenvalue weighted by Crippen LogP contribution is -2.15. The predicted molar refractivity (Wildman–Crippen MR) is 75.2 cm³/mol.